The average Bonchev–Trinajstić information content (AvgIpc) is 3.55. The number of thiophene rings is 1. The van der Waals surface area contributed by atoms with E-state index < -0.39 is 0 Å². The van der Waals surface area contributed by atoms with Gasteiger partial charge in [-0.05, 0) is 61.2 Å². The first kappa shape index (κ1) is 23.6. The van der Waals surface area contributed by atoms with E-state index in [9.17, 15) is 0 Å². The molecule has 0 saturated carbocycles. The highest BCUT2D eigenvalue weighted by Crippen LogP contribution is 2.40. The molecule has 0 saturated heterocycles. The predicted octanol–water partition coefficient (Wildman–Crippen LogP) is 9.56. The first-order valence-electron chi connectivity index (χ1n) is 13.2. The van der Waals surface area contributed by atoms with E-state index in [1.807, 2.05) is 17.4 Å². The zero-order chi connectivity index (χ0) is 26.5. The van der Waals surface area contributed by atoms with E-state index in [2.05, 4.69) is 128 Å². The summed E-state index contributed by atoms with van der Waals surface area (Å²) < 4.78 is 4.83. The first-order valence-corrected chi connectivity index (χ1v) is 14.0. The molecule has 188 valence electrons. The van der Waals surface area contributed by atoms with E-state index in [1.165, 1.54) is 48.0 Å². The lowest BCUT2D eigenvalue weighted by Crippen LogP contribution is -2.02. The van der Waals surface area contributed by atoms with Crippen LogP contribution in [0.3, 0.4) is 0 Å². The largest absolute Gasteiger partial charge is 0.275 e. The highest BCUT2D eigenvalue weighted by Gasteiger charge is 2.20. The molecule has 0 amide bonds. The highest BCUT2D eigenvalue weighted by molar-refractivity contribution is 7.26. The van der Waals surface area contributed by atoms with Gasteiger partial charge in [-0.1, -0.05) is 96.6 Å². The third kappa shape index (κ3) is 3.96. The number of hydrogen-bond acceptors (Lipinski definition) is 3. The van der Waals surface area contributed by atoms with Gasteiger partial charge in [0, 0.05) is 37.0 Å². The van der Waals surface area contributed by atoms with Crippen molar-refractivity contribution in [2.24, 2.45) is 0 Å². The van der Waals surface area contributed by atoms with Gasteiger partial charge in [0.15, 0.2) is 11.6 Å². The van der Waals surface area contributed by atoms with E-state index in [0.29, 0.717) is 0 Å². The zero-order valence-electron chi connectivity index (χ0n) is 22.1. The summed E-state index contributed by atoms with van der Waals surface area (Å²) in [5, 5.41) is 12.1. The average molecular weight is 522 g/mol. The summed E-state index contributed by atoms with van der Waals surface area (Å²) >= 11 is 1.86. The summed E-state index contributed by atoms with van der Waals surface area (Å²) in [4.78, 5) is 0. The standard InChI is InChI=1S/C35H27N3S/c1-22-20-23(2)32(24(3)21-22)35-37-36-34(38(35)27-10-5-4-6-11-27)26-18-16-25(17-19-26)28-13-9-14-30-29-12-7-8-15-31(29)39-33(28)30/h4-21H,1-3H3. The first-order chi connectivity index (χ1) is 19.1. The smallest absolute Gasteiger partial charge is 0.169 e. The van der Waals surface area contributed by atoms with Crippen molar-refractivity contribution in [3.63, 3.8) is 0 Å². The van der Waals surface area contributed by atoms with Gasteiger partial charge in [-0.15, -0.1) is 21.5 Å². The van der Waals surface area contributed by atoms with Gasteiger partial charge in [0.25, 0.3) is 0 Å². The summed E-state index contributed by atoms with van der Waals surface area (Å²) in [6.45, 7) is 6.45. The maximum atomic E-state index is 4.75. The molecule has 0 bridgehead atoms. The second-order valence-electron chi connectivity index (χ2n) is 10.1. The van der Waals surface area contributed by atoms with Crippen molar-refractivity contribution in [1.29, 1.82) is 0 Å². The van der Waals surface area contributed by atoms with Gasteiger partial charge in [0.05, 0.1) is 0 Å². The van der Waals surface area contributed by atoms with Crippen molar-refractivity contribution in [1.82, 2.24) is 14.8 Å². The van der Waals surface area contributed by atoms with E-state index in [0.717, 1.165) is 28.5 Å². The number of aryl methyl sites for hydroxylation is 3. The number of fused-ring (bicyclic) bond motifs is 3. The highest BCUT2D eigenvalue weighted by atomic mass is 32.1. The molecule has 0 radical (unpaired) electrons. The van der Waals surface area contributed by atoms with Crippen LogP contribution >= 0.6 is 11.3 Å². The van der Waals surface area contributed by atoms with Gasteiger partial charge in [-0.2, -0.15) is 0 Å². The Kier molecular flexibility index (Phi) is 5.64. The fourth-order valence-corrected chi connectivity index (χ4v) is 7.00. The van der Waals surface area contributed by atoms with Crippen LogP contribution in [0.4, 0.5) is 0 Å². The van der Waals surface area contributed by atoms with E-state index in [4.69, 9.17) is 10.2 Å². The molecule has 0 spiro atoms. The number of aromatic nitrogens is 3. The normalized spacial score (nSPS) is 11.5. The maximum absolute atomic E-state index is 4.75. The second kappa shape index (κ2) is 9.33. The van der Waals surface area contributed by atoms with E-state index in [1.54, 1.807) is 0 Å². The molecule has 0 N–H and O–H groups in total. The Morgan fingerprint density at radius 3 is 2.00 bits per heavy atom. The summed E-state index contributed by atoms with van der Waals surface area (Å²) in [6, 6.07) is 38.9. The van der Waals surface area contributed by atoms with Gasteiger partial charge < -0.3 is 0 Å². The van der Waals surface area contributed by atoms with Crippen LogP contribution in [0.25, 0.3) is 59.8 Å². The van der Waals surface area contributed by atoms with Crippen LogP contribution in [0.2, 0.25) is 0 Å². The number of rotatable bonds is 4. The maximum Gasteiger partial charge on any atom is 0.169 e. The van der Waals surface area contributed by atoms with E-state index >= 15 is 0 Å². The van der Waals surface area contributed by atoms with Gasteiger partial charge >= 0.3 is 0 Å². The van der Waals surface area contributed by atoms with Crippen LogP contribution in [0.15, 0.2) is 109 Å². The number of nitrogens with zero attached hydrogens (tertiary/aromatic N) is 3. The molecule has 5 aromatic carbocycles. The summed E-state index contributed by atoms with van der Waals surface area (Å²) in [5.74, 6) is 1.70. The molecule has 39 heavy (non-hydrogen) atoms. The summed E-state index contributed by atoms with van der Waals surface area (Å²) in [6.07, 6.45) is 0. The lowest BCUT2D eigenvalue weighted by atomic mass is 9.99. The zero-order valence-corrected chi connectivity index (χ0v) is 23.0. The minimum atomic E-state index is 0.835. The van der Waals surface area contributed by atoms with Crippen LogP contribution in [-0.4, -0.2) is 14.8 Å². The Balaban J connectivity index is 1.37. The molecular formula is C35H27N3S. The van der Waals surface area contributed by atoms with Crippen molar-refractivity contribution >= 4 is 31.5 Å². The Hall–Kier alpha value is -4.54. The fraction of sp³-hybridized carbons (Fsp3) is 0.0857. The SMILES string of the molecule is Cc1cc(C)c(-c2nnc(-c3ccc(-c4cccc5c4sc4ccccc45)cc3)n2-c2ccccc2)c(C)c1. The van der Waals surface area contributed by atoms with Crippen LogP contribution in [-0.2, 0) is 0 Å². The van der Waals surface area contributed by atoms with Crippen molar-refractivity contribution in [2.45, 2.75) is 20.8 Å². The van der Waals surface area contributed by atoms with Crippen molar-refractivity contribution < 1.29 is 0 Å². The summed E-state index contributed by atoms with van der Waals surface area (Å²) in [5.41, 5.74) is 9.34. The third-order valence-corrected chi connectivity index (χ3v) is 8.66. The molecule has 0 aliphatic heterocycles. The molecule has 3 nitrogen and oxygen atoms in total. The molecule has 0 unspecified atom stereocenters. The number of benzene rings is 5. The Morgan fingerprint density at radius 2 is 1.23 bits per heavy atom. The lowest BCUT2D eigenvalue weighted by molar-refractivity contribution is 1.06. The molecule has 0 aliphatic carbocycles. The van der Waals surface area contributed by atoms with Gasteiger partial charge in [-0.3, -0.25) is 4.57 Å². The molecule has 7 aromatic rings. The molecule has 0 atom stereocenters. The quantitative estimate of drug-likeness (QED) is 0.231. The van der Waals surface area contributed by atoms with E-state index in [-0.39, 0.29) is 0 Å². The monoisotopic (exact) mass is 521 g/mol. The van der Waals surface area contributed by atoms with Crippen LogP contribution in [0.5, 0.6) is 0 Å². The molecule has 0 aliphatic rings. The minimum Gasteiger partial charge on any atom is -0.275 e. The number of hydrogen-bond donors (Lipinski definition) is 0. The Bertz CT molecular complexity index is 1960. The van der Waals surface area contributed by atoms with Crippen LogP contribution < -0.4 is 0 Å². The van der Waals surface area contributed by atoms with Gasteiger partial charge in [0.2, 0.25) is 0 Å². The van der Waals surface area contributed by atoms with Gasteiger partial charge in [0.1, 0.15) is 0 Å². The second-order valence-corrected chi connectivity index (χ2v) is 11.2. The van der Waals surface area contributed by atoms with Crippen molar-refractivity contribution in [3.8, 4) is 39.6 Å². The molecule has 7 rings (SSSR count). The van der Waals surface area contributed by atoms with Crippen LogP contribution in [0.1, 0.15) is 16.7 Å². The molecule has 2 aromatic heterocycles. The van der Waals surface area contributed by atoms with Crippen LogP contribution in [0, 0.1) is 20.8 Å². The van der Waals surface area contributed by atoms with Crippen molar-refractivity contribution in [2.75, 3.05) is 0 Å². The minimum absolute atomic E-state index is 0.835. The molecule has 0 fully saturated rings. The Morgan fingerprint density at radius 1 is 0.590 bits per heavy atom. The molecule has 4 heteroatoms. The number of para-hydroxylation sites is 1. The predicted molar refractivity (Wildman–Crippen MR) is 165 cm³/mol. The molecule has 2 heterocycles. The topological polar surface area (TPSA) is 30.7 Å². The molecular weight excluding hydrogens is 494 g/mol. The van der Waals surface area contributed by atoms with Crippen molar-refractivity contribution in [3.05, 3.63) is 126 Å². The lowest BCUT2D eigenvalue weighted by Gasteiger charge is -2.15. The summed E-state index contributed by atoms with van der Waals surface area (Å²) in [7, 11) is 0. The fourth-order valence-electron chi connectivity index (χ4n) is 5.76. The van der Waals surface area contributed by atoms with Gasteiger partial charge in [-0.25, -0.2) is 0 Å². The Labute approximate surface area is 232 Å². The third-order valence-electron chi connectivity index (χ3n) is 7.44.